The van der Waals surface area contributed by atoms with E-state index in [-0.39, 0.29) is 0 Å². The number of aromatic amines is 2. The molecule has 0 atom stereocenters. The molecular formula is C27H37N3O. The Hall–Kier alpha value is -2.49. The van der Waals surface area contributed by atoms with E-state index in [2.05, 4.69) is 35.1 Å². The van der Waals surface area contributed by atoms with Crippen molar-refractivity contribution >= 4 is 11.8 Å². The molecule has 4 rings (SSSR count). The van der Waals surface area contributed by atoms with Gasteiger partial charge in [-0.2, -0.15) is 0 Å². The molecule has 3 heterocycles. The summed E-state index contributed by atoms with van der Waals surface area (Å²) in [6.07, 6.45) is 20.2. The number of hydrogen-bond acceptors (Lipinski definition) is 2. The minimum absolute atomic E-state index is 0.641. The number of aromatic nitrogens is 2. The van der Waals surface area contributed by atoms with Crippen molar-refractivity contribution in [2.75, 3.05) is 6.61 Å². The number of nitrogens with zero attached hydrogens (tertiary/aromatic N) is 1. The standard InChI is InChI=1S/C27H37N3O/c1-3-5-9-13-20-21-14-10-7-6-8-11-15-22(20)29-24(21)18-26-27(31-4-2)19-25(30-26)23-16-12-17-28-23/h12,16-19,28-29H,3-11,13-15H2,1-2H3. The van der Waals surface area contributed by atoms with Gasteiger partial charge in [0.15, 0.2) is 0 Å². The number of aryl methyl sites for hydroxylation is 1. The molecule has 2 bridgehead atoms. The molecule has 31 heavy (non-hydrogen) atoms. The average molecular weight is 420 g/mol. The van der Waals surface area contributed by atoms with Crippen molar-refractivity contribution in [1.82, 2.24) is 9.97 Å². The summed E-state index contributed by atoms with van der Waals surface area (Å²) in [4.78, 5) is 12.0. The van der Waals surface area contributed by atoms with Crippen molar-refractivity contribution in [2.24, 2.45) is 4.99 Å². The first-order valence-corrected chi connectivity index (χ1v) is 12.3. The molecule has 0 aromatic carbocycles. The molecule has 0 radical (unpaired) electrons. The number of aliphatic imine (C=N–C) groups is 1. The Kier molecular flexibility index (Phi) is 7.50. The van der Waals surface area contributed by atoms with Gasteiger partial charge in [0.25, 0.3) is 0 Å². The zero-order valence-electron chi connectivity index (χ0n) is 19.2. The number of rotatable bonds is 8. The normalized spacial score (nSPS) is 18.2. The Bertz CT molecular complexity index is 944. The summed E-state index contributed by atoms with van der Waals surface area (Å²) in [5.74, 6) is 0.867. The second kappa shape index (κ2) is 10.7. The minimum Gasteiger partial charge on any atom is -0.492 e. The van der Waals surface area contributed by atoms with E-state index in [9.17, 15) is 0 Å². The predicted octanol–water partition coefficient (Wildman–Crippen LogP) is 6.89. The van der Waals surface area contributed by atoms with Crippen molar-refractivity contribution in [3.05, 3.63) is 64.1 Å². The smallest absolute Gasteiger partial charge is 0.147 e. The van der Waals surface area contributed by atoms with E-state index in [0.29, 0.717) is 6.61 Å². The molecule has 2 aliphatic rings. The molecular weight excluding hydrogens is 382 g/mol. The molecule has 2 N–H and O–H groups in total. The molecule has 1 aliphatic heterocycles. The third-order valence-corrected chi connectivity index (χ3v) is 6.44. The van der Waals surface area contributed by atoms with Crippen LogP contribution in [0.5, 0.6) is 0 Å². The monoisotopic (exact) mass is 419 g/mol. The lowest BCUT2D eigenvalue weighted by Gasteiger charge is -2.11. The second-order valence-electron chi connectivity index (χ2n) is 8.75. The highest BCUT2D eigenvalue weighted by molar-refractivity contribution is 6.11. The first-order chi connectivity index (χ1) is 15.3. The number of allylic oxidation sites excluding steroid dienone is 1. The molecule has 2 aromatic rings. The zero-order valence-corrected chi connectivity index (χ0v) is 19.2. The van der Waals surface area contributed by atoms with Gasteiger partial charge in [-0.05, 0) is 74.8 Å². The number of nitrogens with one attached hydrogen (secondary N) is 2. The van der Waals surface area contributed by atoms with Crippen LogP contribution in [0.1, 0.15) is 93.4 Å². The van der Waals surface area contributed by atoms with Crippen LogP contribution in [0.2, 0.25) is 0 Å². The SMILES string of the molecule is CCCCCc1c2[nH]c(C=C3N=C(c4ccc[nH]4)C=C3OCC)c1CCCCCCC2. The summed E-state index contributed by atoms with van der Waals surface area (Å²) in [7, 11) is 0. The largest absolute Gasteiger partial charge is 0.492 e. The molecule has 0 amide bonds. The number of ether oxygens (including phenoxy) is 1. The average Bonchev–Trinajstić information content (AvgIpc) is 3.49. The minimum atomic E-state index is 0.641. The van der Waals surface area contributed by atoms with Gasteiger partial charge in [-0.15, -0.1) is 0 Å². The lowest BCUT2D eigenvalue weighted by atomic mass is 9.93. The Morgan fingerprint density at radius 3 is 2.68 bits per heavy atom. The molecule has 0 saturated heterocycles. The first kappa shape index (κ1) is 21.7. The van der Waals surface area contributed by atoms with Crippen LogP contribution in [0.15, 0.2) is 40.9 Å². The highest BCUT2D eigenvalue weighted by Gasteiger charge is 2.21. The van der Waals surface area contributed by atoms with Gasteiger partial charge < -0.3 is 14.7 Å². The molecule has 4 nitrogen and oxygen atoms in total. The van der Waals surface area contributed by atoms with Crippen LogP contribution >= 0.6 is 0 Å². The van der Waals surface area contributed by atoms with E-state index in [4.69, 9.17) is 9.73 Å². The molecule has 2 aromatic heterocycles. The van der Waals surface area contributed by atoms with Crippen LogP contribution in [0.4, 0.5) is 0 Å². The van der Waals surface area contributed by atoms with Gasteiger partial charge in [-0.3, -0.25) is 0 Å². The van der Waals surface area contributed by atoms with Gasteiger partial charge in [0, 0.05) is 23.7 Å². The zero-order chi connectivity index (χ0) is 21.5. The van der Waals surface area contributed by atoms with E-state index in [1.807, 2.05) is 19.2 Å². The van der Waals surface area contributed by atoms with E-state index >= 15 is 0 Å². The maximum atomic E-state index is 5.96. The molecule has 0 saturated carbocycles. The van der Waals surface area contributed by atoms with Crippen LogP contribution in [-0.4, -0.2) is 22.3 Å². The highest BCUT2D eigenvalue weighted by Crippen LogP contribution is 2.31. The van der Waals surface area contributed by atoms with Crippen molar-refractivity contribution in [3.63, 3.8) is 0 Å². The Morgan fingerprint density at radius 2 is 1.90 bits per heavy atom. The van der Waals surface area contributed by atoms with Crippen LogP contribution in [0, 0.1) is 0 Å². The van der Waals surface area contributed by atoms with Crippen LogP contribution in [0.3, 0.4) is 0 Å². The Labute approximate surface area is 186 Å². The molecule has 0 unspecified atom stereocenters. The summed E-state index contributed by atoms with van der Waals surface area (Å²) >= 11 is 0. The molecule has 166 valence electrons. The summed E-state index contributed by atoms with van der Waals surface area (Å²) in [5, 5.41) is 0. The van der Waals surface area contributed by atoms with Gasteiger partial charge >= 0.3 is 0 Å². The Balaban J connectivity index is 1.71. The fraction of sp³-hybridized carbons (Fsp3) is 0.519. The third-order valence-electron chi connectivity index (χ3n) is 6.44. The molecule has 1 aliphatic carbocycles. The maximum Gasteiger partial charge on any atom is 0.147 e. The fourth-order valence-electron chi connectivity index (χ4n) is 4.82. The quantitative estimate of drug-likeness (QED) is 0.450. The summed E-state index contributed by atoms with van der Waals surface area (Å²) in [5.41, 5.74) is 8.73. The molecule has 0 spiro atoms. The topological polar surface area (TPSA) is 53.2 Å². The predicted molar refractivity (Wildman–Crippen MR) is 130 cm³/mol. The van der Waals surface area contributed by atoms with E-state index in [0.717, 1.165) is 29.3 Å². The van der Waals surface area contributed by atoms with Crippen molar-refractivity contribution in [2.45, 2.75) is 84.5 Å². The van der Waals surface area contributed by atoms with Gasteiger partial charge in [0.1, 0.15) is 11.5 Å². The number of unbranched alkanes of at least 4 members (excludes halogenated alkanes) is 2. The van der Waals surface area contributed by atoms with Crippen LogP contribution < -0.4 is 0 Å². The van der Waals surface area contributed by atoms with E-state index < -0.39 is 0 Å². The molecule has 0 fully saturated rings. The van der Waals surface area contributed by atoms with Gasteiger partial charge in [-0.1, -0.05) is 39.0 Å². The van der Waals surface area contributed by atoms with Gasteiger partial charge in [-0.25, -0.2) is 4.99 Å². The lowest BCUT2D eigenvalue weighted by Crippen LogP contribution is -1.99. The molecule has 4 heteroatoms. The second-order valence-corrected chi connectivity index (χ2v) is 8.75. The summed E-state index contributed by atoms with van der Waals surface area (Å²) in [6.45, 7) is 4.96. The van der Waals surface area contributed by atoms with E-state index in [1.165, 1.54) is 81.2 Å². The van der Waals surface area contributed by atoms with Crippen molar-refractivity contribution in [1.29, 1.82) is 0 Å². The van der Waals surface area contributed by atoms with Gasteiger partial charge in [0.2, 0.25) is 0 Å². The van der Waals surface area contributed by atoms with Gasteiger partial charge in [0.05, 0.1) is 18.0 Å². The third kappa shape index (κ3) is 5.23. The number of H-pyrrole nitrogens is 2. The maximum absolute atomic E-state index is 5.96. The van der Waals surface area contributed by atoms with Crippen LogP contribution in [0.25, 0.3) is 6.08 Å². The summed E-state index contributed by atoms with van der Waals surface area (Å²) < 4.78 is 5.96. The Morgan fingerprint density at radius 1 is 1.06 bits per heavy atom. The van der Waals surface area contributed by atoms with Crippen molar-refractivity contribution < 1.29 is 4.74 Å². The fourth-order valence-corrected chi connectivity index (χ4v) is 4.82. The lowest BCUT2D eigenvalue weighted by molar-refractivity contribution is 0.239. The van der Waals surface area contributed by atoms with Crippen molar-refractivity contribution in [3.8, 4) is 0 Å². The highest BCUT2D eigenvalue weighted by atomic mass is 16.5. The first-order valence-electron chi connectivity index (χ1n) is 12.3. The van der Waals surface area contributed by atoms with E-state index in [1.54, 1.807) is 5.56 Å². The summed E-state index contributed by atoms with van der Waals surface area (Å²) in [6, 6.07) is 4.06. The number of fused-ring (bicyclic) bond motifs is 2. The van der Waals surface area contributed by atoms with Crippen LogP contribution in [-0.2, 0) is 24.0 Å². The number of hydrogen-bond donors (Lipinski definition) is 2.